The molecule has 0 saturated heterocycles. The topological polar surface area (TPSA) is 12.9 Å². The van der Waals surface area contributed by atoms with Crippen molar-refractivity contribution in [1.82, 2.24) is 4.98 Å². The highest BCUT2D eigenvalue weighted by Crippen LogP contribution is 2.28. The van der Waals surface area contributed by atoms with E-state index in [-0.39, 0.29) is 0 Å². The molecule has 3 aromatic rings. The van der Waals surface area contributed by atoms with Crippen molar-refractivity contribution >= 4 is 27.3 Å². The van der Waals surface area contributed by atoms with Crippen molar-refractivity contribution in [3.63, 3.8) is 0 Å². The van der Waals surface area contributed by atoms with E-state index in [0.29, 0.717) is 0 Å². The Labute approximate surface area is 118 Å². The van der Waals surface area contributed by atoms with Crippen LogP contribution in [0.2, 0.25) is 0 Å². The van der Waals surface area contributed by atoms with Gasteiger partial charge in [0, 0.05) is 21.1 Å². The van der Waals surface area contributed by atoms with Gasteiger partial charge in [-0.05, 0) is 41.3 Å². The minimum absolute atomic E-state index is 1.00. The van der Waals surface area contributed by atoms with Crippen molar-refractivity contribution in [3.05, 3.63) is 64.6 Å². The normalized spacial score (nSPS) is 10.5. The van der Waals surface area contributed by atoms with Crippen molar-refractivity contribution in [2.75, 3.05) is 0 Å². The average Bonchev–Trinajstić information content (AvgIpc) is 2.93. The minimum Gasteiger partial charge on any atom is -0.256 e. The summed E-state index contributed by atoms with van der Waals surface area (Å²) in [6.07, 6.45) is 1.87. The zero-order chi connectivity index (χ0) is 12.4. The van der Waals surface area contributed by atoms with Gasteiger partial charge in [0.15, 0.2) is 0 Å². The summed E-state index contributed by atoms with van der Waals surface area (Å²) in [6, 6.07) is 16.6. The smallest absolute Gasteiger partial charge is 0.0708 e. The Kier molecular flexibility index (Phi) is 3.26. The first-order valence-electron chi connectivity index (χ1n) is 5.59. The van der Waals surface area contributed by atoms with Crippen molar-refractivity contribution in [2.45, 2.75) is 0 Å². The number of hydrogen-bond donors (Lipinski definition) is 0. The molecule has 3 heteroatoms. The molecular weight excluding hydrogens is 306 g/mol. The Morgan fingerprint density at radius 2 is 1.89 bits per heavy atom. The third-order valence-electron chi connectivity index (χ3n) is 2.69. The van der Waals surface area contributed by atoms with Crippen LogP contribution in [0.4, 0.5) is 0 Å². The fourth-order valence-corrected chi connectivity index (χ4v) is 2.96. The van der Waals surface area contributed by atoms with Crippen LogP contribution in [0.5, 0.6) is 0 Å². The first-order valence-corrected chi connectivity index (χ1v) is 7.26. The zero-order valence-corrected chi connectivity index (χ0v) is 11.9. The Balaban J connectivity index is 2.06. The third kappa shape index (κ3) is 2.37. The number of halogens is 1. The van der Waals surface area contributed by atoms with Crippen LogP contribution >= 0.6 is 27.3 Å². The Morgan fingerprint density at radius 3 is 2.67 bits per heavy atom. The molecule has 2 heterocycles. The lowest BCUT2D eigenvalue weighted by molar-refractivity contribution is 1.33. The van der Waals surface area contributed by atoms with Gasteiger partial charge in [0.2, 0.25) is 0 Å². The van der Waals surface area contributed by atoms with E-state index in [1.54, 1.807) is 11.3 Å². The molecule has 0 unspecified atom stereocenters. The Hall–Kier alpha value is -1.45. The molecule has 0 N–H and O–H groups in total. The molecule has 0 fully saturated rings. The van der Waals surface area contributed by atoms with Crippen molar-refractivity contribution in [2.24, 2.45) is 0 Å². The Bertz CT molecular complexity index is 662. The second-order valence-electron chi connectivity index (χ2n) is 3.92. The van der Waals surface area contributed by atoms with Crippen molar-refractivity contribution in [1.29, 1.82) is 0 Å². The molecule has 2 aromatic heterocycles. The molecule has 3 rings (SSSR count). The maximum absolute atomic E-state index is 4.44. The molecule has 0 saturated carbocycles. The van der Waals surface area contributed by atoms with Crippen LogP contribution in [0, 0.1) is 0 Å². The highest BCUT2D eigenvalue weighted by atomic mass is 79.9. The van der Waals surface area contributed by atoms with E-state index >= 15 is 0 Å². The van der Waals surface area contributed by atoms with Crippen molar-refractivity contribution < 1.29 is 0 Å². The molecular formula is C15H10BrNS. The largest absolute Gasteiger partial charge is 0.256 e. The van der Waals surface area contributed by atoms with E-state index in [0.717, 1.165) is 15.7 Å². The van der Waals surface area contributed by atoms with Gasteiger partial charge >= 0.3 is 0 Å². The fraction of sp³-hybridized carbons (Fsp3) is 0. The SMILES string of the molecule is Brc1cccc(-c2cc(-c3cccs3)ccn2)c1. The standard InChI is InChI=1S/C15H10BrNS/c16-13-4-1-3-11(9-13)14-10-12(6-7-17-14)15-5-2-8-18-15/h1-10H. The van der Waals surface area contributed by atoms with Gasteiger partial charge in [-0.2, -0.15) is 0 Å². The van der Waals surface area contributed by atoms with E-state index in [1.165, 1.54) is 10.4 Å². The van der Waals surface area contributed by atoms with Crippen LogP contribution in [0.3, 0.4) is 0 Å². The molecule has 1 nitrogen and oxygen atoms in total. The number of thiophene rings is 1. The van der Waals surface area contributed by atoms with Crippen molar-refractivity contribution in [3.8, 4) is 21.7 Å². The molecule has 88 valence electrons. The molecule has 0 radical (unpaired) electrons. The molecule has 0 aliphatic carbocycles. The van der Waals surface area contributed by atoms with Gasteiger partial charge < -0.3 is 0 Å². The second kappa shape index (κ2) is 5.04. The van der Waals surface area contributed by atoms with Gasteiger partial charge in [-0.25, -0.2) is 0 Å². The molecule has 1 aromatic carbocycles. The summed E-state index contributed by atoms with van der Waals surface area (Å²) < 4.78 is 1.07. The first kappa shape index (κ1) is 11.6. The summed E-state index contributed by atoms with van der Waals surface area (Å²) in [5, 5.41) is 2.09. The fourth-order valence-electron chi connectivity index (χ4n) is 1.83. The van der Waals surface area contributed by atoms with E-state index in [1.807, 2.05) is 24.4 Å². The summed E-state index contributed by atoms with van der Waals surface area (Å²) in [5.41, 5.74) is 3.35. The van der Waals surface area contributed by atoms with E-state index in [2.05, 4.69) is 56.6 Å². The predicted octanol–water partition coefficient (Wildman–Crippen LogP) is 5.24. The average molecular weight is 316 g/mol. The van der Waals surface area contributed by atoms with Gasteiger partial charge in [-0.3, -0.25) is 4.98 Å². The number of nitrogens with zero attached hydrogens (tertiary/aromatic N) is 1. The summed E-state index contributed by atoms with van der Waals surface area (Å²) in [5.74, 6) is 0. The predicted molar refractivity (Wildman–Crippen MR) is 80.7 cm³/mol. The highest BCUT2D eigenvalue weighted by Gasteiger charge is 2.03. The molecule has 0 bridgehead atoms. The first-order chi connectivity index (χ1) is 8.83. The number of pyridine rings is 1. The zero-order valence-electron chi connectivity index (χ0n) is 9.51. The van der Waals surface area contributed by atoms with Crippen LogP contribution in [0.1, 0.15) is 0 Å². The van der Waals surface area contributed by atoms with Gasteiger partial charge in [0.1, 0.15) is 0 Å². The molecule has 0 aliphatic rings. The quantitative estimate of drug-likeness (QED) is 0.630. The third-order valence-corrected chi connectivity index (χ3v) is 4.10. The maximum atomic E-state index is 4.44. The van der Waals surface area contributed by atoms with Crippen LogP contribution in [0.25, 0.3) is 21.7 Å². The minimum atomic E-state index is 1.00. The maximum Gasteiger partial charge on any atom is 0.0708 e. The van der Waals surface area contributed by atoms with Crippen LogP contribution in [-0.2, 0) is 0 Å². The summed E-state index contributed by atoms with van der Waals surface area (Å²) in [4.78, 5) is 5.72. The number of benzene rings is 1. The lowest BCUT2D eigenvalue weighted by Crippen LogP contribution is -1.84. The summed E-state index contributed by atoms with van der Waals surface area (Å²) in [6.45, 7) is 0. The molecule has 0 aliphatic heterocycles. The molecule has 0 amide bonds. The van der Waals surface area contributed by atoms with E-state index < -0.39 is 0 Å². The highest BCUT2D eigenvalue weighted by molar-refractivity contribution is 9.10. The van der Waals surface area contributed by atoms with Gasteiger partial charge in [0.25, 0.3) is 0 Å². The number of rotatable bonds is 2. The lowest BCUT2D eigenvalue weighted by atomic mass is 10.1. The van der Waals surface area contributed by atoms with Crippen LogP contribution < -0.4 is 0 Å². The van der Waals surface area contributed by atoms with E-state index in [9.17, 15) is 0 Å². The van der Waals surface area contributed by atoms with Gasteiger partial charge in [-0.1, -0.05) is 34.1 Å². The number of aromatic nitrogens is 1. The van der Waals surface area contributed by atoms with E-state index in [4.69, 9.17) is 0 Å². The summed E-state index contributed by atoms with van der Waals surface area (Å²) in [7, 11) is 0. The molecule has 18 heavy (non-hydrogen) atoms. The van der Waals surface area contributed by atoms with Gasteiger partial charge in [-0.15, -0.1) is 11.3 Å². The Morgan fingerprint density at radius 1 is 0.944 bits per heavy atom. The monoisotopic (exact) mass is 315 g/mol. The second-order valence-corrected chi connectivity index (χ2v) is 5.78. The lowest BCUT2D eigenvalue weighted by Gasteiger charge is -2.03. The molecule has 0 spiro atoms. The number of hydrogen-bond acceptors (Lipinski definition) is 2. The van der Waals surface area contributed by atoms with Crippen LogP contribution in [-0.4, -0.2) is 4.98 Å². The van der Waals surface area contributed by atoms with Gasteiger partial charge in [0.05, 0.1) is 5.69 Å². The molecule has 0 atom stereocenters. The summed E-state index contributed by atoms with van der Waals surface area (Å²) >= 11 is 5.24. The van der Waals surface area contributed by atoms with Crippen LogP contribution in [0.15, 0.2) is 64.6 Å².